The Kier molecular flexibility index (Phi) is 4.56. The maximum atomic E-state index is 12.8. The molecule has 2 aromatic carbocycles. The van der Waals surface area contributed by atoms with Gasteiger partial charge in [0.1, 0.15) is 5.52 Å². The number of fused-ring (bicyclic) bond motifs is 1. The van der Waals surface area contributed by atoms with Crippen LogP contribution in [-0.2, 0) is 6.54 Å². The van der Waals surface area contributed by atoms with Gasteiger partial charge in [-0.05, 0) is 30.7 Å². The van der Waals surface area contributed by atoms with E-state index < -0.39 is 6.10 Å². The number of rotatable bonds is 4. The van der Waals surface area contributed by atoms with E-state index in [4.69, 9.17) is 11.6 Å². The monoisotopic (exact) mass is 379 g/mol. The zero-order chi connectivity index (χ0) is 19.0. The van der Waals surface area contributed by atoms with Crippen molar-refractivity contribution in [2.75, 3.05) is 0 Å². The van der Waals surface area contributed by atoms with Crippen LogP contribution in [0.1, 0.15) is 17.2 Å². The van der Waals surface area contributed by atoms with Crippen molar-refractivity contribution in [3.05, 3.63) is 93.5 Å². The highest BCUT2D eigenvalue weighted by Crippen LogP contribution is 2.20. The molecule has 0 saturated carbocycles. The zero-order valence-electron chi connectivity index (χ0n) is 14.7. The summed E-state index contributed by atoms with van der Waals surface area (Å²) in [6, 6.07) is 16.7. The standard InChI is InChI=1S/C21H18ClN3O2/c1-14-2-4-15(5-3-14)18-12-19-21(27)24(10-11-25(19)23-18)13-20(26)16-6-8-17(22)9-7-16/h2-12,20,26H,13H2,1H3/t20-/m0/s1. The van der Waals surface area contributed by atoms with Gasteiger partial charge in [0, 0.05) is 23.0 Å². The molecule has 0 saturated heterocycles. The lowest BCUT2D eigenvalue weighted by atomic mass is 10.1. The van der Waals surface area contributed by atoms with Crippen molar-refractivity contribution >= 4 is 17.1 Å². The molecule has 27 heavy (non-hydrogen) atoms. The molecule has 0 spiro atoms. The number of hydrogen-bond donors (Lipinski definition) is 1. The fourth-order valence-electron chi connectivity index (χ4n) is 3.01. The maximum Gasteiger partial charge on any atom is 0.276 e. The van der Waals surface area contributed by atoms with E-state index in [0.717, 1.165) is 11.3 Å². The van der Waals surface area contributed by atoms with Gasteiger partial charge in [0.15, 0.2) is 0 Å². The lowest BCUT2D eigenvalue weighted by Crippen LogP contribution is -2.24. The van der Waals surface area contributed by atoms with E-state index in [9.17, 15) is 9.90 Å². The third-order valence-electron chi connectivity index (χ3n) is 4.58. The summed E-state index contributed by atoms with van der Waals surface area (Å²) in [6.07, 6.45) is 2.56. The average Bonchev–Trinajstić information content (AvgIpc) is 3.10. The highest BCUT2D eigenvalue weighted by Gasteiger charge is 2.13. The molecule has 4 aromatic rings. The molecule has 2 heterocycles. The number of aromatic nitrogens is 3. The van der Waals surface area contributed by atoms with Crippen molar-refractivity contribution in [1.82, 2.24) is 14.2 Å². The Balaban J connectivity index is 1.66. The van der Waals surface area contributed by atoms with Crippen LogP contribution in [0, 0.1) is 6.92 Å². The fraction of sp³-hybridized carbons (Fsp3) is 0.143. The van der Waals surface area contributed by atoms with Crippen molar-refractivity contribution < 1.29 is 5.11 Å². The first kappa shape index (κ1) is 17.5. The summed E-state index contributed by atoms with van der Waals surface area (Å²) in [4.78, 5) is 12.8. The fourth-order valence-corrected chi connectivity index (χ4v) is 3.14. The average molecular weight is 380 g/mol. The molecule has 136 valence electrons. The minimum absolute atomic E-state index is 0.155. The van der Waals surface area contributed by atoms with Crippen LogP contribution in [0.4, 0.5) is 0 Å². The van der Waals surface area contributed by atoms with E-state index in [1.807, 2.05) is 31.2 Å². The number of nitrogens with zero attached hydrogens (tertiary/aromatic N) is 3. The van der Waals surface area contributed by atoms with Crippen LogP contribution in [0.5, 0.6) is 0 Å². The van der Waals surface area contributed by atoms with E-state index in [2.05, 4.69) is 5.10 Å². The van der Waals surface area contributed by atoms with Crippen molar-refractivity contribution in [3.63, 3.8) is 0 Å². The Labute approximate surface area is 161 Å². The first-order valence-corrected chi connectivity index (χ1v) is 8.98. The van der Waals surface area contributed by atoms with Gasteiger partial charge < -0.3 is 9.67 Å². The van der Waals surface area contributed by atoms with Crippen LogP contribution < -0.4 is 5.56 Å². The van der Waals surface area contributed by atoms with E-state index >= 15 is 0 Å². The second-order valence-electron chi connectivity index (χ2n) is 6.55. The Morgan fingerprint density at radius 2 is 1.78 bits per heavy atom. The largest absolute Gasteiger partial charge is 0.387 e. The highest BCUT2D eigenvalue weighted by atomic mass is 35.5. The number of aliphatic hydroxyl groups is 1. The predicted octanol–water partition coefficient (Wildman–Crippen LogP) is 3.86. The second-order valence-corrected chi connectivity index (χ2v) is 6.98. The molecule has 5 nitrogen and oxygen atoms in total. The highest BCUT2D eigenvalue weighted by molar-refractivity contribution is 6.30. The number of halogens is 1. The summed E-state index contributed by atoms with van der Waals surface area (Å²) in [5.41, 5.74) is 3.84. The number of aryl methyl sites for hydroxylation is 1. The Bertz CT molecular complexity index is 1140. The van der Waals surface area contributed by atoms with Crippen LogP contribution in [0.25, 0.3) is 16.8 Å². The molecule has 0 aliphatic heterocycles. The Hall–Kier alpha value is -2.89. The van der Waals surface area contributed by atoms with E-state index in [0.29, 0.717) is 16.1 Å². The van der Waals surface area contributed by atoms with Crippen molar-refractivity contribution in [2.24, 2.45) is 0 Å². The SMILES string of the molecule is Cc1ccc(-c2cc3c(=O)n(C[C@H](O)c4ccc(Cl)cc4)ccn3n2)cc1. The zero-order valence-corrected chi connectivity index (χ0v) is 15.5. The minimum atomic E-state index is -0.804. The molecule has 0 unspecified atom stereocenters. The van der Waals surface area contributed by atoms with Crippen molar-refractivity contribution in [2.45, 2.75) is 19.6 Å². The van der Waals surface area contributed by atoms with Gasteiger partial charge in [-0.25, -0.2) is 4.52 Å². The third-order valence-corrected chi connectivity index (χ3v) is 4.83. The van der Waals surface area contributed by atoms with Gasteiger partial charge in [0.25, 0.3) is 5.56 Å². The van der Waals surface area contributed by atoms with Crippen LogP contribution in [0.15, 0.2) is 71.8 Å². The first-order chi connectivity index (χ1) is 13.0. The number of aliphatic hydroxyl groups excluding tert-OH is 1. The molecule has 0 aliphatic rings. The normalized spacial score (nSPS) is 12.4. The van der Waals surface area contributed by atoms with Gasteiger partial charge in [0.2, 0.25) is 0 Å². The van der Waals surface area contributed by atoms with Crippen molar-refractivity contribution in [1.29, 1.82) is 0 Å². The van der Waals surface area contributed by atoms with Crippen LogP contribution in [0.3, 0.4) is 0 Å². The van der Waals surface area contributed by atoms with E-state index in [1.165, 1.54) is 10.1 Å². The molecular weight excluding hydrogens is 362 g/mol. The summed E-state index contributed by atoms with van der Waals surface area (Å²) in [6.45, 7) is 2.18. The quantitative estimate of drug-likeness (QED) is 0.585. The lowest BCUT2D eigenvalue weighted by Gasteiger charge is -2.13. The molecule has 0 radical (unpaired) electrons. The predicted molar refractivity (Wildman–Crippen MR) is 106 cm³/mol. The van der Waals surface area contributed by atoms with Gasteiger partial charge in [0.05, 0.1) is 18.3 Å². The number of hydrogen-bond acceptors (Lipinski definition) is 3. The summed E-state index contributed by atoms with van der Waals surface area (Å²) in [5, 5.41) is 15.5. The molecule has 0 fully saturated rings. The van der Waals surface area contributed by atoms with Crippen LogP contribution in [-0.4, -0.2) is 19.3 Å². The van der Waals surface area contributed by atoms with Gasteiger partial charge in [-0.1, -0.05) is 53.6 Å². The lowest BCUT2D eigenvalue weighted by molar-refractivity contribution is 0.155. The first-order valence-electron chi connectivity index (χ1n) is 8.61. The summed E-state index contributed by atoms with van der Waals surface area (Å²) in [7, 11) is 0. The van der Waals surface area contributed by atoms with Gasteiger partial charge in [-0.2, -0.15) is 5.10 Å². The molecular formula is C21H18ClN3O2. The third kappa shape index (κ3) is 3.52. The van der Waals surface area contributed by atoms with Gasteiger partial charge in [-0.15, -0.1) is 0 Å². The van der Waals surface area contributed by atoms with Crippen LogP contribution in [0.2, 0.25) is 5.02 Å². The smallest absolute Gasteiger partial charge is 0.276 e. The maximum absolute atomic E-state index is 12.8. The molecule has 0 amide bonds. The van der Waals surface area contributed by atoms with E-state index in [-0.39, 0.29) is 12.1 Å². The van der Waals surface area contributed by atoms with Gasteiger partial charge in [-0.3, -0.25) is 4.79 Å². The summed E-state index contributed by atoms with van der Waals surface area (Å²) in [5.74, 6) is 0. The molecule has 0 bridgehead atoms. The molecule has 6 heteroatoms. The summed E-state index contributed by atoms with van der Waals surface area (Å²) < 4.78 is 3.07. The number of benzene rings is 2. The Morgan fingerprint density at radius 1 is 1.07 bits per heavy atom. The minimum Gasteiger partial charge on any atom is -0.387 e. The van der Waals surface area contributed by atoms with E-state index in [1.54, 1.807) is 47.2 Å². The second kappa shape index (κ2) is 7.02. The Morgan fingerprint density at radius 3 is 2.48 bits per heavy atom. The molecule has 1 N–H and O–H groups in total. The van der Waals surface area contributed by atoms with Crippen LogP contribution >= 0.6 is 11.6 Å². The molecule has 0 aliphatic carbocycles. The van der Waals surface area contributed by atoms with Crippen molar-refractivity contribution in [3.8, 4) is 11.3 Å². The molecule has 1 atom stereocenters. The summed E-state index contributed by atoms with van der Waals surface area (Å²) >= 11 is 5.88. The topological polar surface area (TPSA) is 59.5 Å². The molecule has 4 rings (SSSR count). The molecule has 2 aromatic heterocycles. The van der Waals surface area contributed by atoms with Gasteiger partial charge >= 0.3 is 0 Å².